The molecule has 3 atom stereocenters. The Hall–Kier alpha value is -2.92. The van der Waals surface area contributed by atoms with Crippen LogP contribution in [-0.4, -0.2) is 39.3 Å². The van der Waals surface area contributed by atoms with Gasteiger partial charge in [0.05, 0.1) is 30.4 Å². The highest BCUT2D eigenvalue weighted by Gasteiger charge is 2.41. The van der Waals surface area contributed by atoms with Gasteiger partial charge in [-0.1, -0.05) is 30.3 Å². The van der Waals surface area contributed by atoms with Crippen LogP contribution in [0.5, 0.6) is 0 Å². The molecule has 0 saturated heterocycles. The summed E-state index contributed by atoms with van der Waals surface area (Å²) in [6, 6.07) is 11.1. The fourth-order valence-electron chi connectivity index (χ4n) is 4.70. The molecule has 1 saturated carbocycles. The first-order chi connectivity index (χ1) is 16.5. The van der Waals surface area contributed by atoms with E-state index >= 15 is 0 Å². The van der Waals surface area contributed by atoms with Crippen molar-refractivity contribution < 1.29 is 31.1 Å². The lowest BCUT2D eigenvalue weighted by atomic mass is 9.91. The van der Waals surface area contributed by atoms with Crippen molar-refractivity contribution in [1.82, 2.24) is 20.1 Å². The Morgan fingerprint density at radius 2 is 1.63 bits per heavy atom. The maximum absolute atomic E-state index is 13.2. The summed E-state index contributed by atoms with van der Waals surface area (Å²) in [6.45, 7) is 0.142. The quantitative estimate of drug-likeness (QED) is 0.418. The number of likely N-dealkylation sites (N-methyl/N-ethyl adjacent to an activating group) is 1. The number of rotatable bonds is 7. The van der Waals surface area contributed by atoms with E-state index < -0.39 is 23.5 Å². The van der Waals surface area contributed by atoms with Crippen LogP contribution in [0.15, 0.2) is 54.9 Å². The average Bonchev–Trinajstić information content (AvgIpc) is 3.46. The Morgan fingerprint density at radius 3 is 2.20 bits per heavy atom. The van der Waals surface area contributed by atoms with Crippen LogP contribution in [0.4, 0.5) is 26.3 Å². The van der Waals surface area contributed by atoms with E-state index in [1.807, 2.05) is 37.4 Å². The number of benzene rings is 2. The van der Waals surface area contributed by atoms with Gasteiger partial charge in [0.25, 0.3) is 0 Å². The molecule has 2 aromatic carbocycles. The van der Waals surface area contributed by atoms with E-state index in [0.717, 1.165) is 24.1 Å². The normalized spacial score (nSPS) is 21.1. The van der Waals surface area contributed by atoms with Gasteiger partial charge in [0, 0.05) is 12.0 Å². The maximum Gasteiger partial charge on any atom is 0.416 e. The van der Waals surface area contributed by atoms with Gasteiger partial charge in [-0.05, 0) is 49.2 Å². The molecule has 0 unspecified atom stereocenters. The SMILES string of the molecule is CN(Cc1ncn[nH]1)[C@@H]1CC[C@H](OCc2cc(C(F)(F)F)cc(C(F)(F)F)c2)[C@H]1c1ccccc1. The maximum atomic E-state index is 13.2. The molecule has 188 valence electrons. The van der Waals surface area contributed by atoms with Gasteiger partial charge in [-0.25, -0.2) is 4.98 Å². The van der Waals surface area contributed by atoms with E-state index in [-0.39, 0.29) is 36.3 Å². The highest BCUT2D eigenvalue weighted by atomic mass is 19.4. The van der Waals surface area contributed by atoms with Crippen molar-refractivity contribution in [3.8, 4) is 0 Å². The van der Waals surface area contributed by atoms with Gasteiger partial charge in [0.15, 0.2) is 0 Å². The molecule has 1 aromatic heterocycles. The summed E-state index contributed by atoms with van der Waals surface area (Å²) >= 11 is 0. The highest BCUT2D eigenvalue weighted by molar-refractivity contribution is 5.33. The second-order valence-electron chi connectivity index (χ2n) is 8.69. The van der Waals surface area contributed by atoms with E-state index in [9.17, 15) is 26.3 Å². The first kappa shape index (κ1) is 25.2. The molecule has 1 heterocycles. The van der Waals surface area contributed by atoms with Crippen LogP contribution in [0.3, 0.4) is 0 Å². The first-order valence-electron chi connectivity index (χ1n) is 11.0. The Balaban J connectivity index is 1.56. The van der Waals surface area contributed by atoms with Crippen molar-refractivity contribution in [1.29, 1.82) is 0 Å². The summed E-state index contributed by atoms with van der Waals surface area (Å²) in [4.78, 5) is 6.26. The van der Waals surface area contributed by atoms with Crippen LogP contribution in [0.2, 0.25) is 0 Å². The largest absolute Gasteiger partial charge is 0.416 e. The molecule has 0 radical (unpaired) electrons. The summed E-state index contributed by atoms with van der Waals surface area (Å²) in [5.74, 6) is 0.560. The zero-order chi connectivity index (χ0) is 25.2. The number of hydrogen-bond donors (Lipinski definition) is 1. The molecule has 3 aromatic rings. The van der Waals surface area contributed by atoms with Gasteiger partial charge in [-0.15, -0.1) is 0 Å². The van der Waals surface area contributed by atoms with Crippen molar-refractivity contribution >= 4 is 0 Å². The number of nitrogens with zero attached hydrogens (tertiary/aromatic N) is 3. The molecular weight excluding hydrogens is 474 g/mol. The predicted octanol–water partition coefficient (Wildman–Crippen LogP) is 5.81. The third-order valence-electron chi connectivity index (χ3n) is 6.29. The van der Waals surface area contributed by atoms with Crippen LogP contribution in [0.1, 0.15) is 46.8 Å². The minimum atomic E-state index is -4.90. The smallest absolute Gasteiger partial charge is 0.373 e. The number of H-pyrrole nitrogens is 1. The van der Waals surface area contributed by atoms with Gasteiger partial charge in [-0.2, -0.15) is 31.4 Å². The lowest BCUT2D eigenvalue weighted by molar-refractivity contribution is -0.143. The van der Waals surface area contributed by atoms with Gasteiger partial charge in [0.2, 0.25) is 0 Å². The van der Waals surface area contributed by atoms with Crippen LogP contribution in [0, 0.1) is 0 Å². The van der Waals surface area contributed by atoms with Crippen LogP contribution < -0.4 is 0 Å². The van der Waals surface area contributed by atoms with Crippen LogP contribution >= 0.6 is 0 Å². The van der Waals surface area contributed by atoms with Crippen molar-refractivity contribution in [3.05, 3.63) is 82.9 Å². The number of hydrogen-bond acceptors (Lipinski definition) is 4. The van der Waals surface area contributed by atoms with Crippen LogP contribution in [-0.2, 0) is 30.2 Å². The molecule has 11 heteroatoms. The monoisotopic (exact) mass is 498 g/mol. The van der Waals surface area contributed by atoms with Gasteiger partial charge < -0.3 is 4.74 Å². The fourth-order valence-corrected chi connectivity index (χ4v) is 4.70. The zero-order valence-electron chi connectivity index (χ0n) is 18.8. The molecule has 0 bridgehead atoms. The second-order valence-corrected chi connectivity index (χ2v) is 8.69. The molecule has 0 amide bonds. The van der Waals surface area contributed by atoms with Crippen LogP contribution in [0.25, 0.3) is 0 Å². The fraction of sp³-hybridized carbons (Fsp3) is 0.417. The average molecular weight is 498 g/mol. The number of aromatic amines is 1. The number of ether oxygens (including phenoxy) is 1. The molecule has 1 fully saturated rings. The summed E-state index contributed by atoms with van der Waals surface area (Å²) in [5.41, 5.74) is -1.87. The summed E-state index contributed by atoms with van der Waals surface area (Å²) < 4.78 is 85.4. The zero-order valence-corrected chi connectivity index (χ0v) is 18.8. The predicted molar refractivity (Wildman–Crippen MR) is 115 cm³/mol. The Morgan fingerprint density at radius 1 is 0.971 bits per heavy atom. The molecule has 1 N–H and O–H groups in total. The molecule has 1 aliphatic carbocycles. The summed E-state index contributed by atoms with van der Waals surface area (Å²) in [5, 5.41) is 6.68. The van der Waals surface area contributed by atoms with Gasteiger partial charge in [-0.3, -0.25) is 10.00 Å². The van der Waals surface area contributed by atoms with E-state index in [2.05, 4.69) is 20.1 Å². The van der Waals surface area contributed by atoms with Crippen molar-refractivity contribution in [2.24, 2.45) is 0 Å². The number of aromatic nitrogens is 3. The van der Waals surface area contributed by atoms with E-state index in [1.165, 1.54) is 6.33 Å². The number of nitrogens with one attached hydrogen (secondary N) is 1. The highest BCUT2D eigenvalue weighted by Crippen LogP contribution is 2.41. The van der Waals surface area contributed by atoms with Gasteiger partial charge in [0.1, 0.15) is 12.2 Å². The minimum absolute atomic E-state index is 0.0275. The molecule has 0 spiro atoms. The van der Waals surface area contributed by atoms with Crippen molar-refractivity contribution in [3.63, 3.8) is 0 Å². The topological polar surface area (TPSA) is 54.0 Å². The van der Waals surface area contributed by atoms with Crippen molar-refractivity contribution in [2.45, 2.75) is 56.4 Å². The Kier molecular flexibility index (Phi) is 7.18. The molecule has 0 aliphatic heterocycles. The number of halogens is 6. The molecular formula is C24H24F6N4O. The first-order valence-corrected chi connectivity index (χ1v) is 11.0. The Bertz CT molecular complexity index is 1070. The minimum Gasteiger partial charge on any atom is -0.373 e. The lowest BCUT2D eigenvalue weighted by Crippen LogP contribution is -2.36. The summed E-state index contributed by atoms with van der Waals surface area (Å²) in [6.07, 6.45) is -7.41. The molecule has 5 nitrogen and oxygen atoms in total. The molecule has 35 heavy (non-hydrogen) atoms. The summed E-state index contributed by atoms with van der Waals surface area (Å²) in [7, 11) is 1.94. The van der Waals surface area contributed by atoms with E-state index in [0.29, 0.717) is 18.8 Å². The second kappa shape index (κ2) is 9.98. The van der Waals surface area contributed by atoms with Crippen molar-refractivity contribution in [2.75, 3.05) is 7.05 Å². The van der Waals surface area contributed by atoms with E-state index in [4.69, 9.17) is 4.74 Å². The van der Waals surface area contributed by atoms with Gasteiger partial charge >= 0.3 is 12.4 Å². The molecule has 4 rings (SSSR count). The third-order valence-corrected chi connectivity index (χ3v) is 6.29. The number of alkyl halides is 6. The van der Waals surface area contributed by atoms with E-state index in [1.54, 1.807) is 0 Å². The standard InChI is InChI=1S/C24H24F6N4O/c1-34(12-21-31-14-32-33-21)19-7-8-20(22(19)16-5-3-2-4-6-16)35-13-15-9-17(23(25,26)27)11-18(10-15)24(28,29)30/h2-6,9-11,14,19-20,22H,7-8,12-13H2,1H3,(H,31,32,33)/t19-,20+,22+/m1/s1. The Labute approximate surface area is 198 Å². The molecule has 1 aliphatic rings. The third kappa shape index (κ3) is 6.02. The lowest BCUT2D eigenvalue weighted by Gasteiger charge is -2.32.